The predicted octanol–water partition coefficient (Wildman–Crippen LogP) is 2.39. The van der Waals surface area contributed by atoms with Gasteiger partial charge in [0.25, 0.3) is 5.91 Å². The van der Waals surface area contributed by atoms with E-state index in [0.29, 0.717) is 30.2 Å². The maximum absolute atomic E-state index is 13.5. The number of anilines is 1. The molecule has 1 aromatic carbocycles. The van der Waals surface area contributed by atoms with E-state index >= 15 is 0 Å². The van der Waals surface area contributed by atoms with Gasteiger partial charge in [0, 0.05) is 62.3 Å². The van der Waals surface area contributed by atoms with Gasteiger partial charge in [-0.1, -0.05) is 18.2 Å². The molecule has 0 bridgehead atoms. The molecule has 0 radical (unpaired) electrons. The number of nitrogens with zero attached hydrogens (tertiary/aromatic N) is 3. The third-order valence-corrected chi connectivity index (χ3v) is 8.94. The Morgan fingerprint density at radius 2 is 1.69 bits per heavy atom. The lowest BCUT2D eigenvalue weighted by Gasteiger charge is -2.34. The molecule has 2 aromatic rings. The average Bonchev–Trinajstić information content (AvgIpc) is 3.21. The van der Waals surface area contributed by atoms with Crippen molar-refractivity contribution in [1.29, 1.82) is 0 Å². The van der Waals surface area contributed by atoms with E-state index in [1.54, 1.807) is 9.80 Å². The minimum absolute atomic E-state index is 0.0566. The van der Waals surface area contributed by atoms with Crippen molar-refractivity contribution in [3.8, 4) is 0 Å². The summed E-state index contributed by atoms with van der Waals surface area (Å²) in [5.74, 6) is -0.668. The largest absolute Gasteiger partial charge is 0.343 e. The summed E-state index contributed by atoms with van der Waals surface area (Å²) in [6.45, 7) is 7.86. The van der Waals surface area contributed by atoms with E-state index in [2.05, 4.69) is 10.6 Å². The number of carbonyl (C=O) groups excluding carboxylic acids is 3. The molecule has 1 aliphatic heterocycles. The quantitative estimate of drug-likeness (QED) is 0.523. The first-order chi connectivity index (χ1) is 16.7. The minimum atomic E-state index is -3.61. The van der Waals surface area contributed by atoms with Gasteiger partial charge in [0.15, 0.2) is 0 Å². The van der Waals surface area contributed by atoms with Gasteiger partial charge in [-0.2, -0.15) is 4.31 Å². The van der Waals surface area contributed by atoms with Crippen molar-refractivity contribution in [2.75, 3.05) is 56.9 Å². The molecule has 0 aliphatic carbocycles. The van der Waals surface area contributed by atoms with E-state index in [1.165, 1.54) is 15.6 Å². The van der Waals surface area contributed by atoms with E-state index in [9.17, 15) is 22.8 Å². The summed E-state index contributed by atoms with van der Waals surface area (Å²) < 4.78 is 27.8. The van der Waals surface area contributed by atoms with Crippen LogP contribution in [0.4, 0.5) is 9.80 Å². The second-order valence-corrected chi connectivity index (χ2v) is 11.3. The minimum Gasteiger partial charge on any atom is -0.343 e. The van der Waals surface area contributed by atoms with Crippen LogP contribution in [0.3, 0.4) is 0 Å². The Hall–Kier alpha value is -2.70. The fourth-order valence-corrected chi connectivity index (χ4v) is 6.56. The van der Waals surface area contributed by atoms with Crippen LogP contribution in [0.2, 0.25) is 0 Å². The summed E-state index contributed by atoms with van der Waals surface area (Å²) >= 11 is 1.33. The highest BCUT2D eigenvalue weighted by Gasteiger charge is 2.32. The molecule has 0 saturated carbocycles. The van der Waals surface area contributed by atoms with Crippen molar-refractivity contribution >= 4 is 54.3 Å². The molecule has 4 amide bonds. The van der Waals surface area contributed by atoms with Gasteiger partial charge in [-0.25, -0.2) is 13.2 Å². The smallest absolute Gasteiger partial charge is 0.319 e. The number of piperazine rings is 1. The van der Waals surface area contributed by atoms with Gasteiger partial charge in [0.1, 0.15) is 5.00 Å². The van der Waals surface area contributed by atoms with Gasteiger partial charge < -0.3 is 15.1 Å². The van der Waals surface area contributed by atoms with Crippen molar-refractivity contribution in [2.45, 2.75) is 27.2 Å². The molecule has 35 heavy (non-hydrogen) atoms. The number of nitrogens with one attached hydrogen (secondary N) is 2. The Morgan fingerprint density at radius 1 is 1.03 bits per heavy atom. The van der Waals surface area contributed by atoms with Crippen LogP contribution in [-0.2, 0) is 14.8 Å². The third kappa shape index (κ3) is 6.30. The Morgan fingerprint density at radius 3 is 2.31 bits per heavy atom. The summed E-state index contributed by atoms with van der Waals surface area (Å²) in [5, 5.41) is 6.66. The Balaban J connectivity index is 1.69. The highest BCUT2D eigenvalue weighted by molar-refractivity contribution is 7.89. The first-order valence-electron chi connectivity index (χ1n) is 11.8. The van der Waals surface area contributed by atoms with Gasteiger partial charge in [0.05, 0.1) is 11.3 Å². The summed E-state index contributed by atoms with van der Waals surface area (Å²) in [4.78, 5) is 41.1. The van der Waals surface area contributed by atoms with Gasteiger partial charge in [-0.15, -0.1) is 11.3 Å². The maximum Gasteiger partial charge on any atom is 0.319 e. The lowest BCUT2D eigenvalue weighted by molar-refractivity contribution is -0.130. The number of rotatable bonds is 9. The number of urea groups is 1. The summed E-state index contributed by atoms with van der Waals surface area (Å²) in [6, 6.07) is 7.06. The molecule has 1 fully saturated rings. The van der Waals surface area contributed by atoms with E-state index in [-0.39, 0.29) is 56.2 Å². The second-order valence-electron chi connectivity index (χ2n) is 8.11. The first-order valence-corrected chi connectivity index (χ1v) is 14.3. The van der Waals surface area contributed by atoms with Crippen LogP contribution < -0.4 is 10.6 Å². The number of hydrogen-bond donors (Lipinski definition) is 2. The molecule has 1 saturated heterocycles. The number of benzene rings is 1. The molecule has 0 unspecified atom stereocenters. The lowest BCUT2D eigenvalue weighted by atomic mass is 10.1. The van der Waals surface area contributed by atoms with E-state index in [1.807, 2.05) is 45.0 Å². The van der Waals surface area contributed by atoms with Crippen LogP contribution in [0.25, 0.3) is 10.1 Å². The monoisotopic (exact) mass is 523 g/mol. The summed E-state index contributed by atoms with van der Waals surface area (Å²) in [7, 11) is -3.61. The molecule has 12 heteroatoms. The standard InChI is InChI=1S/C23H33N5O5S2/c1-4-24-23(31)25-21-20(17-9-7-8-10-18(17)34-21)22(30)27-12-14-28(15-13-27)35(32,33)16-11-19(29)26(5-2)6-3/h7-10H,4-6,11-16H2,1-3H3,(H2,24,25,31). The molecular weight excluding hydrogens is 490 g/mol. The summed E-state index contributed by atoms with van der Waals surface area (Å²) in [5.41, 5.74) is 0.415. The lowest BCUT2D eigenvalue weighted by Crippen LogP contribution is -2.51. The Labute approximate surface area is 210 Å². The predicted molar refractivity (Wildman–Crippen MR) is 138 cm³/mol. The zero-order valence-electron chi connectivity index (χ0n) is 20.4. The summed E-state index contributed by atoms with van der Waals surface area (Å²) in [6.07, 6.45) is -0.0566. The molecular formula is C23H33N5O5S2. The van der Waals surface area contributed by atoms with Gasteiger partial charge in [0.2, 0.25) is 15.9 Å². The molecule has 0 spiro atoms. The van der Waals surface area contributed by atoms with Crippen molar-refractivity contribution in [3.05, 3.63) is 29.8 Å². The number of carbonyl (C=O) groups is 3. The van der Waals surface area contributed by atoms with Gasteiger partial charge >= 0.3 is 6.03 Å². The molecule has 10 nitrogen and oxygen atoms in total. The van der Waals surface area contributed by atoms with Gasteiger partial charge in [-0.05, 0) is 26.8 Å². The van der Waals surface area contributed by atoms with Crippen molar-refractivity contribution in [2.24, 2.45) is 0 Å². The fraction of sp³-hybridized carbons (Fsp3) is 0.522. The number of thiophene rings is 1. The van der Waals surface area contributed by atoms with Crippen molar-refractivity contribution in [1.82, 2.24) is 19.4 Å². The van der Waals surface area contributed by atoms with Crippen LogP contribution in [0.15, 0.2) is 24.3 Å². The molecule has 192 valence electrons. The average molecular weight is 524 g/mol. The first kappa shape index (κ1) is 26.9. The van der Waals surface area contributed by atoms with Crippen molar-refractivity contribution < 1.29 is 22.8 Å². The van der Waals surface area contributed by atoms with E-state index < -0.39 is 10.0 Å². The molecule has 2 heterocycles. The zero-order valence-corrected chi connectivity index (χ0v) is 22.0. The zero-order chi connectivity index (χ0) is 25.6. The fourth-order valence-electron chi connectivity index (χ4n) is 4.06. The highest BCUT2D eigenvalue weighted by Crippen LogP contribution is 2.36. The molecule has 1 aliphatic rings. The topological polar surface area (TPSA) is 119 Å². The van der Waals surface area contributed by atoms with E-state index in [4.69, 9.17) is 0 Å². The molecule has 0 atom stereocenters. The van der Waals surface area contributed by atoms with Crippen LogP contribution in [0.5, 0.6) is 0 Å². The second kappa shape index (κ2) is 11.8. The SMILES string of the molecule is CCNC(=O)Nc1sc2ccccc2c1C(=O)N1CCN(S(=O)(=O)CCC(=O)N(CC)CC)CC1. The molecule has 3 rings (SSSR count). The normalized spacial score (nSPS) is 14.7. The van der Waals surface area contributed by atoms with Crippen LogP contribution in [0, 0.1) is 0 Å². The number of hydrogen-bond acceptors (Lipinski definition) is 6. The Bertz CT molecular complexity index is 1170. The van der Waals surface area contributed by atoms with Crippen LogP contribution >= 0.6 is 11.3 Å². The van der Waals surface area contributed by atoms with Crippen LogP contribution in [0.1, 0.15) is 37.6 Å². The number of amides is 4. The molecule has 2 N–H and O–H groups in total. The van der Waals surface area contributed by atoms with Crippen molar-refractivity contribution in [3.63, 3.8) is 0 Å². The maximum atomic E-state index is 13.5. The Kier molecular flexibility index (Phi) is 9.09. The number of sulfonamides is 1. The van der Waals surface area contributed by atoms with Crippen LogP contribution in [-0.4, -0.2) is 91.9 Å². The van der Waals surface area contributed by atoms with E-state index in [0.717, 1.165) is 10.1 Å². The van der Waals surface area contributed by atoms with Gasteiger partial charge in [-0.3, -0.25) is 14.9 Å². The highest BCUT2D eigenvalue weighted by atomic mass is 32.2. The third-order valence-electron chi connectivity index (χ3n) is 5.98. The number of fused-ring (bicyclic) bond motifs is 1. The molecule has 1 aromatic heterocycles.